The van der Waals surface area contributed by atoms with Crippen LogP contribution < -0.4 is 9.47 Å². The first-order chi connectivity index (χ1) is 38.6. The summed E-state index contributed by atoms with van der Waals surface area (Å²) in [5.74, 6) is 15.3. The lowest BCUT2D eigenvalue weighted by Gasteiger charge is -2.15. The Morgan fingerprint density at radius 1 is 0.282 bits per heavy atom. The molecule has 16 nitrogen and oxygen atoms in total. The van der Waals surface area contributed by atoms with E-state index in [2.05, 4.69) is 47.9 Å². The van der Waals surface area contributed by atoms with Crippen LogP contribution in [0.3, 0.4) is 0 Å². The van der Waals surface area contributed by atoms with E-state index in [1.807, 2.05) is 86.6 Å². The Balaban J connectivity index is 0.962. The van der Waals surface area contributed by atoms with Crippen LogP contribution in [0, 0.1) is 23.7 Å². The highest BCUT2D eigenvalue weighted by Crippen LogP contribution is 2.32. The third-order valence-electron chi connectivity index (χ3n) is 11.3. The smallest absolute Gasteiger partial charge is 0.119 e. The van der Waals surface area contributed by atoms with Gasteiger partial charge in [-0.15, -0.1) is 0 Å². The van der Waals surface area contributed by atoms with E-state index in [1.165, 1.54) is 0 Å². The molecule has 0 aliphatic carbocycles. The fourth-order valence-corrected chi connectivity index (χ4v) is 7.42. The van der Waals surface area contributed by atoms with E-state index in [4.69, 9.17) is 75.8 Å². The Morgan fingerprint density at radius 2 is 0.513 bits per heavy atom. The summed E-state index contributed by atoms with van der Waals surface area (Å²) in [6, 6.07) is 32.3. The van der Waals surface area contributed by atoms with Crippen LogP contribution in [0.2, 0.25) is 0 Å². The summed E-state index contributed by atoms with van der Waals surface area (Å²) in [7, 11) is 3.29. The minimum atomic E-state index is -0.147. The Hall–Kier alpha value is -5.22. The summed E-state index contributed by atoms with van der Waals surface area (Å²) in [6.07, 6.45) is -0.293. The van der Waals surface area contributed by atoms with Crippen LogP contribution >= 0.6 is 0 Å². The molecule has 5 aromatic carbocycles. The van der Waals surface area contributed by atoms with Crippen molar-refractivity contribution < 1.29 is 75.8 Å². The van der Waals surface area contributed by atoms with Gasteiger partial charge in [0.2, 0.25) is 0 Å². The van der Waals surface area contributed by atoms with Crippen LogP contribution in [0.5, 0.6) is 11.5 Å². The van der Waals surface area contributed by atoms with Crippen LogP contribution in [-0.2, 0) is 66.3 Å². The zero-order valence-electron chi connectivity index (χ0n) is 46.3. The number of fused-ring (bicyclic) bond motifs is 2. The molecule has 0 N–H and O–H groups in total. The van der Waals surface area contributed by atoms with Gasteiger partial charge in [0, 0.05) is 36.5 Å². The van der Waals surface area contributed by atoms with Gasteiger partial charge in [0.1, 0.15) is 23.7 Å². The fourth-order valence-electron chi connectivity index (χ4n) is 7.42. The number of rotatable bonds is 44. The predicted molar refractivity (Wildman–Crippen MR) is 300 cm³/mol. The van der Waals surface area contributed by atoms with Crippen LogP contribution in [0.4, 0.5) is 0 Å². The second kappa shape index (κ2) is 41.8. The van der Waals surface area contributed by atoms with E-state index >= 15 is 0 Å². The highest BCUT2D eigenvalue weighted by atomic mass is 16.6. The molecule has 0 spiro atoms. The van der Waals surface area contributed by atoms with E-state index < -0.39 is 0 Å². The van der Waals surface area contributed by atoms with Crippen molar-refractivity contribution in [3.05, 3.63) is 119 Å². The van der Waals surface area contributed by atoms with E-state index in [0.29, 0.717) is 172 Å². The van der Waals surface area contributed by atoms with Crippen molar-refractivity contribution in [3.63, 3.8) is 0 Å². The normalized spacial score (nSPS) is 12.1. The summed E-state index contributed by atoms with van der Waals surface area (Å²) in [6.45, 7) is 17.2. The number of ether oxygens (including phenoxy) is 16. The number of methoxy groups -OCH3 is 2. The van der Waals surface area contributed by atoms with Crippen LogP contribution in [-0.4, -0.2) is 198 Å². The van der Waals surface area contributed by atoms with Crippen molar-refractivity contribution >= 4 is 21.5 Å². The summed E-state index contributed by atoms with van der Waals surface area (Å²) in [5, 5.41) is 4.18. The fraction of sp³-hybridized carbons (Fsp3) is 0.516. The van der Waals surface area contributed by atoms with Crippen molar-refractivity contribution in [3.8, 4) is 35.2 Å². The standard InChI is InChI=1S/C62H82O16/c1-51(49-75-47-45-73-43-41-71-39-37-69-35-33-67-31-29-65-27-25-63-3)77-55-19-13-53(14-20-55)17-23-61-57-9-5-7-11-59(57)62(60-12-8-6-10-58(60)61)24-18-54-15-21-56(22-16-54)78-52(2)50-76-48-46-74-44-42-72-40-38-70-36-34-68-32-30-66-28-26-64-4/h5-16,19-22,51-52H,25-50H2,1-4H3/t51-,52-/m1/s1. The van der Waals surface area contributed by atoms with Gasteiger partial charge in [-0.25, -0.2) is 0 Å². The average Bonchev–Trinajstić information content (AvgIpc) is 3.52. The Labute approximate surface area is 462 Å². The molecule has 0 heterocycles. The maximum absolute atomic E-state index is 6.12. The first kappa shape index (κ1) is 63.6. The molecule has 0 aliphatic heterocycles. The maximum Gasteiger partial charge on any atom is 0.119 e. The van der Waals surface area contributed by atoms with Crippen molar-refractivity contribution in [1.29, 1.82) is 0 Å². The maximum atomic E-state index is 6.12. The van der Waals surface area contributed by atoms with Crippen molar-refractivity contribution in [2.24, 2.45) is 0 Å². The molecule has 0 radical (unpaired) electrons. The molecule has 16 heteroatoms. The summed E-state index contributed by atoms with van der Waals surface area (Å²) >= 11 is 0. The number of benzene rings is 5. The van der Waals surface area contributed by atoms with E-state index in [1.54, 1.807) is 14.2 Å². The molecule has 2 atom stereocenters. The summed E-state index contributed by atoms with van der Waals surface area (Å²) in [5.41, 5.74) is 3.67. The van der Waals surface area contributed by atoms with E-state index in [0.717, 1.165) is 55.3 Å². The number of hydrogen-bond donors (Lipinski definition) is 0. The van der Waals surface area contributed by atoms with Crippen molar-refractivity contribution in [2.75, 3.05) is 186 Å². The Kier molecular flexibility index (Phi) is 34.1. The highest BCUT2D eigenvalue weighted by Gasteiger charge is 2.12. The lowest BCUT2D eigenvalue weighted by atomic mass is 9.92. The lowest BCUT2D eigenvalue weighted by Crippen LogP contribution is -2.21. The lowest BCUT2D eigenvalue weighted by molar-refractivity contribution is -0.0223. The van der Waals surface area contributed by atoms with Crippen molar-refractivity contribution in [2.45, 2.75) is 26.1 Å². The highest BCUT2D eigenvalue weighted by molar-refractivity contribution is 6.09. The molecule has 0 aromatic heterocycles. The minimum Gasteiger partial charge on any atom is -0.488 e. The van der Waals surface area contributed by atoms with Crippen LogP contribution in [0.1, 0.15) is 36.1 Å². The van der Waals surface area contributed by atoms with Gasteiger partial charge in [0.05, 0.1) is 172 Å². The topological polar surface area (TPSA) is 148 Å². The molecule has 0 saturated carbocycles. The average molecular weight is 1080 g/mol. The third kappa shape index (κ3) is 27.1. The molecule has 0 unspecified atom stereocenters. The van der Waals surface area contributed by atoms with Gasteiger partial charge in [-0.05, 0) is 83.9 Å². The van der Waals surface area contributed by atoms with Gasteiger partial charge in [-0.2, -0.15) is 0 Å². The second-order valence-electron chi connectivity index (χ2n) is 17.5. The molecule has 0 amide bonds. The molecule has 0 saturated heterocycles. The zero-order chi connectivity index (χ0) is 54.8. The van der Waals surface area contributed by atoms with Gasteiger partial charge < -0.3 is 75.8 Å². The van der Waals surface area contributed by atoms with Gasteiger partial charge in [0.25, 0.3) is 0 Å². The summed E-state index contributed by atoms with van der Waals surface area (Å²) in [4.78, 5) is 0. The minimum absolute atomic E-state index is 0.147. The first-order valence-electron chi connectivity index (χ1n) is 27.0. The molecule has 0 aliphatic rings. The van der Waals surface area contributed by atoms with Gasteiger partial charge in [0.15, 0.2) is 0 Å². The molecule has 0 fully saturated rings. The van der Waals surface area contributed by atoms with Gasteiger partial charge >= 0.3 is 0 Å². The first-order valence-corrected chi connectivity index (χ1v) is 27.0. The Bertz CT molecular complexity index is 2220. The zero-order valence-corrected chi connectivity index (χ0v) is 46.3. The third-order valence-corrected chi connectivity index (χ3v) is 11.3. The molecule has 78 heavy (non-hydrogen) atoms. The van der Waals surface area contributed by atoms with Gasteiger partial charge in [-0.1, -0.05) is 72.2 Å². The largest absolute Gasteiger partial charge is 0.488 e. The molecule has 5 aromatic rings. The van der Waals surface area contributed by atoms with E-state index in [9.17, 15) is 0 Å². The van der Waals surface area contributed by atoms with E-state index in [-0.39, 0.29) is 12.2 Å². The SMILES string of the molecule is COCCOCCOCCOCCOCCOCCOC[C@@H](C)Oc1ccc(C#Cc2c3ccccc3c(C#Cc3ccc(O[C@H](C)COCCOCCOCCOCCOCCOCCOC)cc3)c3ccccc23)cc1. The molecule has 5 rings (SSSR count). The van der Waals surface area contributed by atoms with Crippen molar-refractivity contribution in [1.82, 2.24) is 0 Å². The number of hydrogen-bond acceptors (Lipinski definition) is 16. The van der Waals surface area contributed by atoms with Crippen LogP contribution in [0.15, 0.2) is 97.1 Å². The quantitative estimate of drug-likeness (QED) is 0.0212. The summed E-state index contributed by atoms with van der Waals surface area (Å²) < 4.78 is 88.7. The second-order valence-corrected chi connectivity index (χ2v) is 17.5. The van der Waals surface area contributed by atoms with Crippen LogP contribution in [0.25, 0.3) is 21.5 Å². The van der Waals surface area contributed by atoms with Gasteiger partial charge in [-0.3, -0.25) is 0 Å². The molecular weight excluding hydrogens is 1000 g/mol. The predicted octanol–water partition coefficient (Wildman–Crippen LogP) is 7.82. The Morgan fingerprint density at radius 3 is 0.756 bits per heavy atom. The molecule has 426 valence electrons. The molecular formula is C62H82O16. The molecule has 0 bridgehead atoms. The monoisotopic (exact) mass is 1080 g/mol.